The van der Waals surface area contributed by atoms with Gasteiger partial charge in [-0.2, -0.15) is 0 Å². The van der Waals surface area contributed by atoms with Crippen molar-refractivity contribution in [2.45, 2.75) is 4.90 Å². The van der Waals surface area contributed by atoms with E-state index in [2.05, 4.69) is 5.32 Å². The van der Waals surface area contributed by atoms with Gasteiger partial charge in [0.25, 0.3) is 5.91 Å². The fraction of sp³-hybridized carbons (Fsp3) is 0.0952. The third-order valence-electron chi connectivity index (χ3n) is 3.71. The smallest absolute Gasteiger partial charge is 0.262 e. The predicted molar refractivity (Wildman–Crippen MR) is 104 cm³/mol. The van der Waals surface area contributed by atoms with E-state index in [1.165, 1.54) is 0 Å². The molecule has 3 aromatic rings. The molecule has 3 nitrogen and oxygen atoms in total. The number of anilines is 1. The van der Waals surface area contributed by atoms with Gasteiger partial charge in [0.15, 0.2) is 6.61 Å². The lowest BCUT2D eigenvalue weighted by atomic mass is 10.1. The van der Waals surface area contributed by atoms with Crippen LogP contribution in [0.3, 0.4) is 0 Å². The van der Waals surface area contributed by atoms with Gasteiger partial charge in [-0.15, -0.1) is 11.8 Å². The summed E-state index contributed by atoms with van der Waals surface area (Å²) in [7, 11) is 0. The van der Waals surface area contributed by atoms with E-state index in [0.717, 1.165) is 21.7 Å². The van der Waals surface area contributed by atoms with Crippen molar-refractivity contribution >= 4 is 23.4 Å². The van der Waals surface area contributed by atoms with Gasteiger partial charge in [-0.05, 0) is 30.0 Å². The molecular formula is C21H19NO2S. The zero-order chi connectivity index (χ0) is 17.5. The van der Waals surface area contributed by atoms with E-state index < -0.39 is 0 Å². The quantitative estimate of drug-likeness (QED) is 0.630. The lowest BCUT2D eigenvalue weighted by Gasteiger charge is -2.13. The summed E-state index contributed by atoms with van der Waals surface area (Å²) in [6, 6.07) is 25.5. The fourth-order valence-electron chi connectivity index (χ4n) is 2.53. The van der Waals surface area contributed by atoms with Crippen molar-refractivity contribution in [2.75, 3.05) is 18.2 Å². The van der Waals surface area contributed by atoms with Crippen LogP contribution in [0.2, 0.25) is 0 Å². The molecule has 0 atom stereocenters. The average molecular weight is 349 g/mol. The highest BCUT2D eigenvalue weighted by molar-refractivity contribution is 7.98. The number of benzene rings is 3. The first kappa shape index (κ1) is 17.1. The second-order valence-corrected chi connectivity index (χ2v) is 6.25. The van der Waals surface area contributed by atoms with Gasteiger partial charge in [0.1, 0.15) is 5.75 Å². The van der Waals surface area contributed by atoms with E-state index in [-0.39, 0.29) is 12.5 Å². The van der Waals surface area contributed by atoms with E-state index in [4.69, 9.17) is 4.74 Å². The van der Waals surface area contributed by atoms with Crippen LogP contribution in [0.25, 0.3) is 11.1 Å². The van der Waals surface area contributed by atoms with Crippen molar-refractivity contribution in [3.8, 4) is 16.9 Å². The average Bonchev–Trinajstić information content (AvgIpc) is 2.68. The maximum Gasteiger partial charge on any atom is 0.262 e. The van der Waals surface area contributed by atoms with E-state index in [1.807, 2.05) is 85.1 Å². The normalized spacial score (nSPS) is 10.3. The number of rotatable bonds is 6. The summed E-state index contributed by atoms with van der Waals surface area (Å²) >= 11 is 1.60. The molecule has 0 aromatic heterocycles. The van der Waals surface area contributed by atoms with Gasteiger partial charge in [-0.1, -0.05) is 60.7 Å². The van der Waals surface area contributed by atoms with Crippen LogP contribution in [0.1, 0.15) is 0 Å². The van der Waals surface area contributed by atoms with Crippen LogP contribution in [0, 0.1) is 0 Å². The van der Waals surface area contributed by atoms with Gasteiger partial charge in [-0.25, -0.2) is 0 Å². The van der Waals surface area contributed by atoms with Gasteiger partial charge >= 0.3 is 0 Å². The van der Waals surface area contributed by atoms with Crippen LogP contribution in [0.4, 0.5) is 5.69 Å². The van der Waals surface area contributed by atoms with Crippen molar-refractivity contribution in [1.29, 1.82) is 0 Å². The first-order valence-corrected chi connectivity index (χ1v) is 9.20. The van der Waals surface area contributed by atoms with Crippen LogP contribution in [-0.4, -0.2) is 18.8 Å². The molecule has 0 aliphatic carbocycles. The van der Waals surface area contributed by atoms with Crippen molar-refractivity contribution in [3.05, 3.63) is 78.9 Å². The fourth-order valence-corrected chi connectivity index (χ4v) is 3.08. The largest absolute Gasteiger partial charge is 0.483 e. The Morgan fingerprint density at radius 1 is 0.920 bits per heavy atom. The number of amides is 1. The van der Waals surface area contributed by atoms with E-state index in [1.54, 1.807) is 11.8 Å². The van der Waals surface area contributed by atoms with E-state index >= 15 is 0 Å². The van der Waals surface area contributed by atoms with Crippen LogP contribution in [-0.2, 0) is 4.79 Å². The molecule has 3 aromatic carbocycles. The standard InChI is InChI=1S/C21H19NO2S/c1-25-20-14-8-6-12-18(20)22-21(23)15-24-19-13-7-5-11-17(19)16-9-3-2-4-10-16/h2-14H,15H2,1H3,(H,22,23). The second kappa shape index (κ2) is 8.40. The van der Waals surface area contributed by atoms with E-state index in [0.29, 0.717) is 5.75 Å². The molecule has 0 saturated heterocycles. The highest BCUT2D eigenvalue weighted by Gasteiger charge is 2.10. The molecule has 0 bridgehead atoms. The van der Waals surface area contributed by atoms with E-state index in [9.17, 15) is 4.79 Å². The lowest BCUT2D eigenvalue weighted by molar-refractivity contribution is -0.118. The minimum Gasteiger partial charge on any atom is -0.483 e. The van der Waals surface area contributed by atoms with Crippen LogP contribution in [0.5, 0.6) is 5.75 Å². The van der Waals surface area contributed by atoms with Crippen molar-refractivity contribution in [3.63, 3.8) is 0 Å². The maximum atomic E-state index is 12.3. The summed E-state index contributed by atoms with van der Waals surface area (Å²) in [6.45, 7) is -0.0352. The minimum absolute atomic E-state index is 0.0352. The molecule has 0 radical (unpaired) electrons. The van der Waals surface area contributed by atoms with Crippen molar-refractivity contribution < 1.29 is 9.53 Å². The summed E-state index contributed by atoms with van der Waals surface area (Å²) in [5.74, 6) is 0.520. The van der Waals surface area contributed by atoms with Crippen LogP contribution < -0.4 is 10.1 Å². The second-order valence-electron chi connectivity index (χ2n) is 5.40. The zero-order valence-electron chi connectivity index (χ0n) is 13.9. The van der Waals surface area contributed by atoms with Gasteiger partial charge in [-0.3, -0.25) is 4.79 Å². The summed E-state index contributed by atoms with van der Waals surface area (Å²) in [5.41, 5.74) is 2.84. The third-order valence-corrected chi connectivity index (χ3v) is 4.51. The molecule has 0 heterocycles. The van der Waals surface area contributed by atoms with Gasteiger partial charge < -0.3 is 10.1 Å². The van der Waals surface area contributed by atoms with Crippen LogP contribution in [0.15, 0.2) is 83.8 Å². The Morgan fingerprint density at radius 2 is 1.60 bits per heavy atom. The number of carbonyl (C=O) groups is 1. The van der Waals surface area contributed by atoms with Crippen molar-refractivity contribution in [2.24, 2.45) is 0 Å². The summed E-state index contributed by atoms with van der Waals surface area (Å²) in [6.07, 6.45) is 1.98. The summed E-state index contributed by atoms with van der Waals surface area (Å²) in [5, 5.41) is 2.91. The van der Waals surface area contributed by atoms with Crippen molar-refractivity contribution in [1.82, 2.24) is 0 Å². The minimum atomic E-state index is -0.177. The van der Waals surface area contributed by atoms with Gasteiger partial charge in [0, 0.05) is 10.5 Å². The molecular weight excluding hydrogens is 330 g/mol. The lowest BCUT2D eigenvalue weighted by Crippen LogP contribution is -2.20. The SMILES string of the molecule is CSc1ccccc1NC(=O)COc1ccccc1-c1ccccc1. The Kier molecular flexibility index (Phi) is 5.75. The Hall–Kier alpha value is -2.72. The highest BCUT2D eigenvalue weighted by Crippen LogP contribution is 2.29. The third kappa shape index (κ3) is 4.43. The molecule has 126 valence electrons. The molecule has 4 heteroatoms. The molecule has 1 amide bonds. The molecule has 3 rings (SSSR count). The molecule has 0 unspecified atom stereocenters. The first-order chi connectivity index (χ1) is 12.3. The Morgan fingerprint density at radius 3 is 2.40 bits per heavy atom. The van der Waals surface area contributed by atoms with Gasteiger partial charge in [0.05, 0.1) is 5.69 Å². The Bertz CT molecular complexity index is 849. The molecule has 0 spiro atoms. The first-order valence-electron chi connectivity index (χ1n) is 7.98. The number of thioether (sulfide) groups is 1. The Balaban J connectivity index is 1.69. The number of hydrogen-bond donors (Lipinski definition) is 1. The number of carbonyl (C=O) groups excluding carboxylic acids is 1. The summed E-state index contributed by atoms with van der Waals surface area (Å²) in [4.78, 5) is 13.3. The maximum absolute atomic E-state index is 12.3. The van der Waals surface area contributed by atoms with Gasteiger partial charge in [0.2, 0.25) is 0 Å². The molecule has 0 aliphatic rings. The highest BCUT2D eigenvalue weighted by atomic mass is 32.2. The molecule has 25 heavy (non-hydrogen) atoms. The molecule has 0 saturated carbocycles. The number of para-hydroxylation sites is 2. The molecule has 0 fully saturated rings. The number of ether oxygens (including phenoxy) is 1. The molecule has 0 aliphatic heterocycles. The molecule has 1 N–H and O–H groups in total. The Labute approximate surface area is 152 Å². The zero-order valence-corrected chi connectivity index (χ0v) is 14.8. The monoisotopic (exact) mass is 349 g/mol. The topological polar surface area (TPSA) is 38.3 Å². The van der Waals surface area contributed by atoms with Crippen LogP contribution >= 0.6 is 11.8 Å². The number of hydrogen-bond acceptors (Lipinski definition) is 3. The summed E-state index contributed by atoms with van der Waals surface area (Å²) < 4.78 is 5.78. The number of nitrogens with one attached hydrogen (secondary N) is 1. The predicted octanol–water partition coefficient (Wildman–Crippen LogP) is 5.09.